The highest BCUT2D eigenvalue weighted by Gasteiger charge is 2.35. The number of Topliss-reactive ketones (excluding diaryl/α,β-unsaturated/α-hetero) is 1. The van der Waals surface area contributed by atoms with Gasteiger partial charge in [-0.1, -0.05) is 48.5 Å². The molecule has 1 heterocycles. The lowest BCUT2D eigenvalue weighted by Crippen LogP contribution is -2.43. The molecule has 6 heteroatoms. The van der Waals surface area contributed by atoms with Gasteiger partial charge in [0.15, 0.2) is 5.78 Å². The summed E-state index contributed by atoms with van der Waals surface area (Å²) in [6.45, 7) is -0.136. The Bertz CT molecular complexity index is 859. The van der Waals surface area contributed by atoms with Gasteiger partial charge >= 0.3 is 0 Å². The monoisotopic (exact) mass is 329 g/mol. The van der Waals surface area contributed by atoms with Gasteiger partial charge in [0.25, 0.3) is 5.91 Å². The minimum absolute atomic E-state index is 0.0306. The second-order valence-electron chi connectivity index (χ2n) is 5.33. The topological polar surface area (TPSA) is 71.5 Å². The van der Waals surface area contributed by atoms with Crippen molar-refractivity contribution in [2.45, 2.75) is 12.2 Å². The summed E-state index contributed by atoms with van der Waals surface area (Å²) in [6, 6.07) is 15.3. The van der Waals surface area contributed by atoms with Gasteiger partial charge in [0.2, 0.25) is 10.0 Å². The molecule has 5 nitrogen and oxygen atoms in total. The number of sulfonamides is 1. The van der Waals surface area contributed by atoms with E-state index in [-0.39, 0.29) is 24.5 Å². The van der Waals surface area contributed by atoms with E-state index in [2.05, 4.69) is 0 Å². The Balaban J connectivity index is 1.80. The molecule has 0 bridgehead atoms. The van der Waals surface area contributed by atoms with Crippen molar-refractivity contribution in [2.24, 2.45) is 0 Å². The van der Waals surface area contributed by atoms with E-state index in [4.69, 9.17) is 0 Å². The number of rotatable bonds is 4. The predicted molar refractivity (Wildman–Crippen MR) is 85.5 cm³/mol. The lowest BCUT2D eigenvalue weighted by Gasteiger charge is -2.27. The molecule has 0 unspecified atom stereocenters. The molecule has 0 aliphatic carbocycles. The number of benzene rings is 2. The maximum absolute atomic E-state index is 12.4. The van der Waals surface area contributed by atoms with Crippen molar-refractivity contribution in [3.63, 3.8) is 0 Å². The second kappa shape index (κ2) is 5.96. The summed E-state index contributed by atoms with van der Waals surface area (Å²) in [5, 5.41) is 0. The molecule has 1 aliphatic rings. The smallest absolute Gasteiger partial charge is 0.267 e. The second-order valence-corrected chi connectivity index (χ2v) is 7.22. The van der Waals surface area contributed by atoms with Crippen LogP contribution in [0, 0.1) is 0 Å². The van der Waals surface area contributed by atoms with Gasteiger partial charge in [-0.3, -0.25) is 9.59 Å². The molecule has 2 aromatic carbocycles. The first-order valence-electron chi connectivity index (χ1n) is 7.20. The summed E-state index contributed by atoms with van der Waals surface area (Å²) in [4.78, 5) is 24.5. The van der Waals surface area contributed by atoms with Crippen LogP contribution >= 0.6 is 0 Å². The van der Waals surface area contributed by atoms with Gasteiger partial charge in [-0.05, 0) is 11.6 Å². The molecular weight excluding hydrogens is 314 g/mol. The third kappa shape index (κ3) is 3.03. The summed E-state index contributed by atoms with van der Waals surface area (Å²) in [6.07, 6.45) is -0.0306. The zero-order chi connectivity index (χ0) is 16.4. The fraction of sp³-hybridized carbons (Fsp3) is 0.176. The normalized spacial score (nSPS) is 16.0. The van der Waals surface area contributed by atoms with Crippen LogP contribution in [-0.4, -0.2) is 31.0 Å². The molecule has 2 aromatic rings. The largest absolute Gasteiger partial charge is 0.294 e. The SMILES string of the molecule is O=C(CCN1C(=O)c2ccccc2CS1(=O)=O)c1ccccc1. The zero-order valence-corrected chi connectivity index (χ0v) is 13.1. The highest BCUT2D eigenvalue weighted by Crippen LogP contribution is 2.24. The van der Waals surface area contributed by atoms with E-state index in [0.717, 1.165) is 4.31 Å². The highest BCUT2D eigenvalue weighted by atomic mass is 32.2. The Morgan fingerprint density at radius 1 is 1.00 bits per heavy atom. The van der Waals surface area contributed by atoms with Crippen LogP contribution in [0.2, 0.25) is 0 Å². The molecule has 0 atom stereocenters. The number of fused-ring (bicyclic) bond motifs is 1. The molecule has 0 N–H and O–H groups in total. The Kier molecular flexibility index (Phi) is 4.00. The molecule has 0 fully saturated rings. The van der Waals surface area contributed by atoms with E-state index in [1.165, 1.54) is 0 Å². The first-order valence-corrected chi connectivity index (χ1v) is 8.81. The summed E-state index contributed by atoms with van der Waals surface area (Å²) < 4.78 is 25.4. The molecule has 1 aliphatic heterocycles. The van der Waals surface area contributed by atoms with Crippen LogP contribution in [0.3, 0.4) is 0 Å². The third-order valence-corrected chi connectivity index (χ3v) is 5.48. The van der Waals surface area contributed by atoms with Crippen molar-refractivity contribution in [2.75, 3.05) is 6.54 Å². The van der Waals surface area contributed by atoms with Crippen LogP contribution in [0.1, 0.15) is 32.7 Å². The van der Waals surface area contributed by atoms with Gasteiger partial charge in [0, 0.05) is 24.1 Å². The van der Waals surface area contributed by atoms with Crippen LogP contribution < -0.4 is 0 Å². The van der Waals surface area contributed by atoms with Gasteiger partial charge < -0.3 is 0 Å². The molecule has 0 saturated carbocycles. The van der Waals surface area contributed by atoms with Gasteiger partial charge in [-0.2, -0.15) is 0 Å². The van der Waals surface area contributed by atoms with E-state index >= 15 is 0 Å². The summed E-state index contributed by atoms with van der Waals surface area (Å²) in [5.74, 6) is -0.964. The van der Waals surface area contributed by atoms with E-state index in [0.29, 0.717) is 16.7 Å². The molecule has 0 saturated heterocycles. The fourth-order valence-electron chi connectivity index (χ4n) is 2.60. The quantitative estimate of drug-likeness (QED) is 0.807. The number of ketones is 1. The number of carbonyl (C=O) groups excluding carboxylic acids is 2. The summed E-state index contributed by atoms with van der Waals surface area (Å²) in [5.41, 5.74) is 1.40. The maximum Gasteiger partial charge on any atom is 0.267 e. The Labute approximate surface area is 134 Å². The predicted octanol–water partition coefficient (Wildman–Crippen LogP) is 2.25. The highest BCUT2D eigenvalue weighted by molar-refractivity contribution is 7.89. The van der Waals surface area contributed by atoms with Gasteiger partial charge in [-0.25, -0.2) is 12.7 Å². The van der Waals surface area contributed by atoms with Crippen LogP contribution in [0.25, 0.3) is 0 Å². The standard InChI is InChI=1S/C17H15NO4S/c19-16(13-6-2-1-3-7-13)10-11-18-17(20)15-9-5-4-8-14(15)12-23(18,21)22/h1-9H,10-12H2. The van der Waals surface area contributed by atoms with Gasteiger partial charge in [0.05, 0.1) is 5.75 Å². The zero-order valence-electron chi connectivity index (χ0n) is 12.3. The summed E-state index contributed by atoms with van der Waals surface area (Å²) in [7, 11) is -3.73. The number of amides is 1. The van der Waals surface area contributed by atoms with Gasteiger partial charge in [-0.15, -0.1) is 0 Å². The average Bonchev–Trinajstić information content (AvgIpc) is 2.54. The molecule has 0 spiro atoms. The molecular formula is C17H15NO4S. The molecule has 0 aromatic heterocycles. The third-order valence-electron chi connectivity index (χ3n) is 3.79. The van der Waals surface area contributed by atoms with Gasteiger partial charge in [0.1, 0.15) is 0 Å². The molecule has 3 rings (SSSR count). The number of carbonyl (C=O) groups is 2. The number of hydrogen-bond donors (Lipinski definition) is 0. The van der Waals surface area contributed by atoms with Crippen LogP contribution in [0.5, 0.6) is 0 Å². The lowest BCUT2D eigenvalue weighted by atomic mass is 10.1. The molecule has 118 valence electrons. The van der Waals surface area contributed by atoms with Crippen LogP contribution in [0.4, 0.5) is 0 Å². The van der Waals surface area contributed by atoms with Crippen molar-refractivity contribution < 1.29 is 18.0 Å². The van der Waals surface area contributed by atoms with E-state index in [1.807, 2.05) is 0 Å². The van der Waals surface area contributed by atoms with Crippen molar-refractivity contribution in [3.8, 4) is 0 Å². The minimum atomic E-state index is -3.73. The molecule has 1 amide bonds. The van der Waals surface area contributed by atoms with Crippen LogP contribution in [0.15, 0.2) is 54.6 Å². The van der Waals surface area contributed by atoms with Crippen LogP contribution in [-0.2, 0) is 15.8 Å². The van der Waals surface area contributed by atoms with E-state index in [9.17, 15) is 18.0 Å². The Hall–Kier alpha value is -2.47. The van der Waals surface area contributed by atoms with E-state index in [1.54, 1.807) is 54.6 Å². The first-order chi connectivity index (χ1) is 11.0. The lowest BCUT2D eigenvalue weighted by molar-refractivity contribution is 0.0845. The van der Waals surface area contributed by atoms with Crippen molar-refractivity contribution in [1.29, 1.82) is 0 Å². The van der Waals surface area contributed by atoms with Crippen molar-refractivity contribution in [3.05, 3.63) is 71.3 Å². The maximum atomic E-state index is 12.4. The Morgan fingerprint density at radius 3 is 2.39 bits per heavy atom. The summed E-state index contributed by atoms with van der Waals surface area (Å²) >= 11 is 0. The average molecular weight is 329 g/mol. The molecule has 23 heavy (non-hydrogen) atoms. The van der Waals surface area contributed by atoms with Crippen molar-refractivity contribution in [1.82, 2.24) is 4.31 Å². The first kappa shape index (κ1) is 15.4. The fourth-order valence-corrected chi connectivity index (χ4v) is 4.12. The number of hydrogen-bond acceptors (Lipinski definition) is 4. The van der Waals surface area contributed by atoms with Crippen molar-refractivity contribution >= 4 is 21.7 Å². The Morgan fingerprint density at radius 2 is 1.65 bits per heavy atom. The minimum Gasteiger partial charge on any atom is -0.294 e. The number of nitrogens with zero attached hydrogens (tertiary/aromatic N) is 1. The molecule has 0 radical (unpaired) electrons. The van der Waals surface area contributed by atoms with E-state index < -0.39 is 15.9 Å².